The van der Waals surface area contributed by atoms with Crippen LogP contribution in [0.5, 0.6) is 11.5 Å². The summed E-state index contributed by atoms with van der Waals surface area (Å²) in [6, 6.07) is 38.0. The average Bonchev–Trinajstić information content (AvgIpc) is 3.46. The van der Waals surface area contributed by atoms with E-state index in [1.807, 2.05) is 91.0 Å². The highest BCUT2D eigenvalue weighted by molar-refractivity contribution is 5.91. The first kappa shape index (κ1) is 25.9. The molecular weight excluding hydrogens is 486 g/mol. The van der Waals surface area contributed by atoms with Gasteiger partial charge in [0.15, 0.2) is 5.69 Å². The van der Waals surface area contributed by atoms with Crippen molar-refractivity contribution < 1.29 is 13.9 Å². The average molecular weight is 518 g/mol. The summed E-state index contributed by atoms with van der Waals surface area (Å²) in [5, 5.41) is 2.91. The highest BCUT2D eigenvalue weighted by atomic mass is 16.5. The molecule has 5 aromatic rings. The standard InChI is InChI=1S/C33H31N3O3/c1-25(28-15-7-3-8-16-28)36(22-27-14-11-19-30(20-27)39-29-17-9-4-10-18-29)23-32-35-31(24-38-32)33(37)34-21-26-12-5-2-6-13-26/h2-20,24-25H,21-23H2,1H3,(H,34,37)/t25-/m1/s1. The first-order valence-electron chi connectivity index (χ1n) is 13.0. The van der Waals surface area contributed by atoms with Crippen LogP contribution in [-0.2, 0) is 19.6 Å². The largest absolute Gasteiger partial charge is 0.457 e. The number of para-hydroxylation sites is 1. The number of carbonyl (C=O) groups is 1. The normalized spacial score (nSPS) is 11.7. The SMILES string of the molecule is C[C@H](c1ccccc1)N(Cc1cccc(Oc2ccccc2)c1)Cc1nc(C(=O)NCc2ccccc2)co1. The molecule has 0 saturated heterocycles. The van der Waals surface area contributed by atoms with E-state index in [1.54, 1.807) is 0 Å². The van der Waals surface area contributed by atoms with Crippen LogP contribution in [0.15, 0.2) is 126 Å². The van der Waals surface area contributed by atoms with Crippen molar-refractivity contribution in [1.82, 2.24) is 15.2 Å². The van der Waals surface area contributed by atoms with Gasteiger partial charge in [-0.3, -0.25) is 9.69 Å². The molecule has 4 aromatic carbocycles. The maximum atomic E-state index is 12.7. The maximum Gasteiger partial charge on any atom is 0.273 e. The smallest absolute Gasteiger partial charge is 0.273 e. The number of rotatable bonds is 11. The van der Waals surface area contributed by atoms with Crippen LogP contribution in [-0.4, -0.2) is 15.8 Å². The van der Waals surface area contributed by atoms with E-state index < -0.39 is 0 Å². The summed E-state index contributed by atoms with van der Waals surface area (Å²) in [7, 11) is 0. The first-order valence-corrected chi connectivity index (χ1v) is 13.0. The molecule has 0 aliphatic rings. The van der Waals surface area contributed by atoms with Gasteiger partial charge in [-0.25, -0.2) is 4.98 Å². The van der Waals surface area contributed by atoms with Crippen LogP contribution >= 0.6 is 0 Å². The van der Waals surface area contributed by atoms with Crippen molar-refractivity contribution in [3.05, 3.63) is 150 Å². The van der Waals surface area contributed by atoms with Crippen molar-refractivity contribution in [2.45, 2.75) is 32.6 Å². The number of ether oxygens (including phenoxy) is 1. The summed E-state index contributed by atoms with van der Waals surface area (Å²) in [5.41, 5.74) is 3.57. The van der Waals surface area contributed by atoms with Gasteiger partial charge in [0.25, 0.3) is 5.91 Å². The lowest BCUT2D eigenvalue weighted by Crippen LogP contribution is -2.27. The first-order chi connectivity index (χ1) is 19.1. The third-order valence-electron chi connectivity index (χ3n) is 6.51. The molecule has 1 atom stereocenters. The van der Waals surface area contributed by atoms with Crippen molar-refractivity contribution in [1.29, 1.82) is 0 Å². The molecule has 0 aliphatic carbocycles. The molecule has 0 aliphatic heterocycles. The van der Waals surface area contributed by atoms with Gasteiger partial charge >= 0.3 is 0 Å². The Labute approximate surface area is 228 Å². The number of nitrogens with one attached hydrogen (secondary N) is 1. The molecule has 1 heterocycles. The van der Waals surface area contributed by atoms with Gasteiger partial charge in [-0.2, -0.15) is 0 Å². The van der Waals surface area contributed by atoms with Gasteiger partial charge in [-0.05, 0) is 47.9 Å². The van der Waals surface area contributed by atoms with Crippen LogP contribution in [0.2, 0.25) is 0 Å². The van der Waals surface area contributed by atoms with Crippen molar-refractivity contribution >= 4 is 5.91 Å². The summed E-state index contributed by atoms with van der Waals surface area (Å²) < 4.78 is 11.8. The summed E-state index contributed by atoms with van der Waals surface area (Å²) in [6.07, 6.45) is 1.43. The molecule has 1 amide bonds. The van der Waals surface area contributed by atoms with E-state index in [2.05, 4.69) is 46.4 Å². The fourth-order valence-corrected chi connectivity index (χ4v) is 4.37. The Bertz CT molecular complexity index is 1470. The zero-order valence-corrected chi connectivity index (χ0v) is 21.9. The molecule has 39 heavy (non-hydrogen) atoms. The van der Waals surface area contributed by atoms with E-state index in [0.717, 1.165) is 22.6 Å². The molecule has 0 radical (unpaired) electrons. The van der Waals surface area contributed by atoms with E-state index >= 15 is 0 Å². The molecule has 0 unspecified atom stereocenters. The second kappa shape index (κ2) is 12.7. The topological polar surface area (TPSA) is 67.6 Å². The summed E-state index contributed by atoms with van der Waals surface area (Å²) in [5.74, 6) is 1.79. The Morgan fingerprint density at radius 2 is 1.46 bits per heavy atom. The lowest BCUT2D eigenvalue weighted by atomic mass is 10.1. The van der Waals surface area contributed by atoms with Gasteiger partial charge in [0.2, 0.25) is 5.89 Å². The highest BCUT2D eigenvalue weighted by Crippen LogP contribution is 2.27. The fourth-order valence-electron chi connectivity index (χ4n) is 4.37. The highest BCUT2D eigenvalue weighted by Gasteiger charge is 2.21. The number of carbonyl (C=O) groups excluding carboxylic acids is 1. The van der Waals surface area contributed by atoms with Crippen molar-refractivity contribution in [3.63, 3.8) is 0 Å². The molecule has 5 rings (SSSR count). The van der Waals surface area contributed by atoms with Crippen LogP contribution in [0, 0.1) is 0 Å². The third kappa shape index (κ3) is 7.21. The minimum Gasteiger partial charge on any atom is -0.457 e. The second-order valence-electron chi connectivity index (χ2n) is 9.35. The minimum atomic E-state index is -0.262. The fraction of sp³-hybridized carbons (Fsp3) is 0.152. The monoisotopic (exact) mass is 517 g/mol. The Kier molecular flexibility index (Phi) is 8.46. The van der Waals surface area contributed by atoms with Gasteiger partial charge in [0, 0.05) is 19.1 Å². The third-order valence-corrected chi connectivity index (χ3v) is 6.51. The summed E-state index contributed by atoms with van der Waals surface area (Å²) in [4.78, 5) is 19.5. The van der Waals surface area contributed by atoms with Crippen LogP contribution in [0.1, 0.15) is 46.0 Å². The Morgan fingerprint density at radius 1 is 0.821 bits per heavy atom. The predicted molar refractivity (Wildman–Crippen MR) is 151 cm³/mol. The van der Waals surface area contributed by atoms with Crippen LogP contribution < -0.4 is 10.1 Å². The molecule has 6 nitrogen and oxygen atoms in total. The molecule has 6 heteroatoms. The van der Waals surface area contributed by atoms with Gasteiger partial charge in [0.05, 0.1) is 6.54 Å². The number of amides is 1. The second-order valence-corrected chi connectivity index (χ2v) is 9.35. The van der Waals surface area contributed by atoms with Gasteiger partial charge in [-0.1, -0.05) is 91.0 Å². The molecular formula is C33H31N3O3. The van der Waals surface area contributed by atoms with E-state index in [4.69, 9.17) is 9.15 Å². The van der Waals surface area contributed by atoms with E-state index in [1.165, 1.54) is 11.8 Å². The molecule has 1 N–H and O–H groups in total. The minimum absolute atomic E-state index is 0.0761. The molecule has 0 fully saturated rings. The lowest BCUT2D eigenvalue weighted by molar-refractivity contribution is 0.0945. The van der Waals surface area contributed by atoms with Gasteiger partial charge in [0.1, 0.15) is 17.8 Å². The lowest BCUT2D eigenvalue weighted by Gasteiger charge is -2.28. The number of hydrogen-bond donors (Lipinski definition) is 1. The zero-order valence-electron chi connectivity index (χ0n) is 21.9. The zero-order chi connectivity index (χ0) is 26.9. The number of oxazole rings is 1. The predicted octanol–water partition coefficient (Wildman–Crippen LogP) is 7.16. The quantitative estimate of drug-likeness (QED) is 0.201. The van der Waals surface area contributed by atoms with Crippen LogP contribution in [0.25, 0.3) is 0 Å². The van der Waals surface area contributed by atoms with Gasteiger partial charge < -0.3 is 14.5 Å². The van der Waals surface area contributed by atoms with E-state index in [0.29, 0.717) is 25.5 Å². The number of benzene rings is 4. The summed E-state index contributed by atoms with van der Waals surface area (Å²) >= 11 is 0. The molecule has 1 aromatic heterocycles. The van der Waals surface area contributed by atoms with Gasteiger partial charge in [-0.15, -0.1) is 0 Å². The number of nitrogens with zero attached hydrogens (tertiary/aromatic N) is 2. The Balaban J connectivity index is 1.31. The molecule has 196 valence electrons. The molecule has 0 spiro atoms. The molecule has 0 saturated carbocycles. The summed E-state index contributed by atoms with van der Waals surface area (Å²) in [6.45, 7) is 3.67. The maximum absolute atomic E-state index is 12.7. The van der Waals surface area contributed by atoms with Crippen molar-refractivity contribution in [2.75, 3.05) is 0 Å². The van der Waals surface area contributed by atoms with Crippen molar-refractivity contribution in [3.8, 4) is 11.5 Å². The Morgan fingerprint density at radius 3 is 2.21 bits per heavy atom. The number of aromatic nitrogens is 1. The Hall–Kier alpha value is -4.68. The number of hydrogen-bond acceptors (Lipinski definition) is 5. The van der Waals surface area contributed by atoms with Crippen LogP contribution in [0.4, 0.5) is 0 Å². The van der Waals surface area contributed by atoms with Crippen molar-refractivity contribution in [2.24, 2.45) is 0 Å². The van der Waals surface area contributed by atoms with Crippen LogP contribution in [0.3, 0.4) is 0 Å². The van der Waals surface area contributed by atoms with E-state index in [-0.39, 0.29) is 17.6 Å². The van der Waals surface area contributed by atoms with E-state index in [9.17, 15) is 4.79 Å². The molecule has 0 bridgehead atoms.